The smallest absolute Gasteiger partial charge is 0.140 e. The molecule has 0 heterocycles. The minimum absolute atomic E-state index is 0.0264. The van der Waals surface area contributed by atoms with E-state index in [4.69, 9.17) is 0 Å². The van der Waals surface area contributed by atoms with Gasteiger partial charge in [-0.25, -0.2) is 0 Å². The van der Waals surface area contributed by atoms with Gasteiger partial charge in [0.05, 0.1) is 0 Å². The number of ketones is 2. The van der Waals surface area contributed by atoms with Crippen LogP contribution in [0.4, 0.5) is 0 Å². The molecule has 0 bridgehead atoms. The van der Waals surface area contributed by atoms with Crippen molar-refractivity contribution in [1.29, 1.82) is 0 Å². The van der Waals surface area contributed by atoms with E-state index in [1.165, 1.54) is 0 Å². The minimum atomic E-state index is -0.0264. The third-order valence-electron chi connectivity index (χ3n) is 3.16. The van der Waals surface area contributed by atoms with Crippen LogP contribution in [-0.4, -0.2) is 11.6 Å². The van der Waals surface area contributed by atoms with Crippen molar-refractivity contribution in [2.24, 2.45) is 5.92 Å². The molecule has 0 N–H and O–H groups in total. The lowest BCUT2D eigenvalue weighted by Gasteiger charge is -2.19. The van der Waals surface area contributed by atoms with E-state index < -0.39 is 0 Å². The highest BCUT2D eigenvalue weighted by Crippen LogP contribution is 2.23. The van der Waals surface area contributed by atoms with Crippen LogP contribution < -0.4 is 0 Å². The summed E-state index contributed by atoms with van der Waals surface area (Å²) in [5, 5.41) is 0. The van der Waals surface area contributed by atoms with Gasteiger partial charge < -0.3 is 0 Å². The van der Waals surface area contributed by atoms with E-state index in [2.05, 4.69) is 0 Å². The Morgan fingerprint density at radius 3 is 2.69 bits per heavy atom. The number of Topliss-reactive ketones (excluding diaryl/α,β-unsaturated/α-hetero) is 2. The molecule has 16 heavy (non-hydrogen) atoms. The van der Waals surface area contributed by atoms with Crippen molar-refractivity contribution in [3.63, 3.8) is 0 Å². The van der Waals surface area contributed by atoms with Gasteiger partial charge in [-0.05, 0) is 18.4 Å². The molecule has 0 spiro atoms. The topological polar surface area (TPSA) is 34.1 Å². The molecular weight excluding hydrogens is 200 g/mol. The first-order valence-electron chi connectivity index (χ1n) is 5.84. The molecule has 1 fully saturated rings. The molecule has 1 aromatic rings. The summed E-state index contributed by atoms with van der Waals surface area (Å²) in [6.45, 7) is 0. The van der Waals surface area contributed by atoms with E-state index in [9.17, 15) is 9.59 Å². The van der Waals surface area contributed by atoms with E-state index >= 15 is 0 Å². The zero-order chi connectivity index (χ0) is 11.4. The van der Waals surface area contributed by atoms with Crippen LogP contribution in [-0.2, 0) is 16.0 Å². The first-order valence-corrected chi connectivity index (χ1v) is 5.84. The van der Waals surface area contributed by atoms with Gasteiger partial charge in [-0.2, -0.15) is 0 Å². The Kier molecular flexibility index (Phi) is 3.50. The van der Waals surface area contributed by atoms with E-state index in [1.54, 1.807) is 0 Å². The SMILES string of the molecule is O=C1CCCC(C(=O)Cc2ccccc2)C1. The van der Waals surface area contributed by atoms with Crippen molar-refractivity contribution in [2.75, 3.05) is 0 Å². The van der Waals surface area contributed by atoms with Gasteiger partial charge in [0, 0.05) is 25.2 Å². The largest absolute Gasteiger partial charge is 0.300 e. The van der Waals surface area contributed by atoms with Crippen molar-refractivity contribution in [2.45, 2.75) is 32.1 Å². The van der Waals surface area contributed by atoms with Crippen LogP contribution in [0.3, 0.4) is 0 Å². The lowest BCUT2D eigenvalue weighted by atomic mass is 9.83. The summed E-state index contributed by atoms with van der Waals surface area (Å²) in [5.41, 5.74) is 1.05. The average Bonchev–Trinajstić information content (AvgIpc) is 2.30. The Bertz CT molecular complexity index is 381. The standard InChI is InChI=1S/C14H16O2/c15-13-8-4-7-12(10-13)14(16)9-11-5-2-1-3-6-11/h1-3,5-6,12H,4,7-10H2. The molecule has 2 heteroatoms. The molecule has 0 amide bonds. The predicted octanol–water partition coefficient (Wildman–Crippen LogP) is 2.56. The summed E-state index contributed by atoms with van der Waals surface area (Å²) in [5.74, 6) is 0.443. The van der Waals surface area contributed by atoms with Gasteiger partial charge in [0.1, 0.15) is 11.6 Å². The van der Waals surface area contributed by atoms with Gasteiger partial charge in [-0.15, -0.1) is 0 Å². The lowest BCUT2D eigenvalue weighted by molar-refractivity contribution is -0.129. The van der Waals surface area contributed by atoms with Gasteiger partial charge in [0.15, 0.2) is 0 Å². The molecule has 1 saturated carbocycles. The second-order valence-corrected chi connectivity index (χ2v) is 4.46. The molecule has 84 valence electrons. The summed E-state index contributed by atoms with van der Waals surface area (Å²) >= 11 is 0. The fraction of sp³-hybridized carbons (Fsp3) is 0.429. The molecule has 1 unspecified atom stereocenters. The van der Waals surface area contributed by atoms with Crippen molar-refractivity contribution in [3.05, 3.63) is 35.9 Å². The maximum Gasteiger partial charge on any atom is 0.140 e. The molecule has 2 nitrogen and oxygen atoms in total. The molecular formula is C14H16O2. The van der Waals surface area contributed by atoms with Crippen molar-refractivity contribution in [3.8, 4) is 0 Å². The minimum Gasteiger partial charge on any atom is -0.300 e. The predicted molar refractivity (Wildman–Crippen MR) is 62.1 cm³/mol. The van der Waals surface area contributed by atoms with E-state index in [1.807, 2.05) is 30.3 Å². The van der Waals surface area contributed by atoms with Crippen LogP contribution in [0.5, 0.6) is 0 Å². The summed E-state index contributed by atoms with van der Waals surface area (Å²) in [7, 11) is 0. The van der Waals surface area contributed by atoms with Gasteiger partial charge in [0.25, 0.3) is 0 Å². The number of carbonyl (C=O) groups is 2. The monoisotopic (exact) mass is 216 g/mol. The molecule has 1 aromatic carbocycles. The third kappa shape index (κ3) is 2.78. The van der Waals surface area contributed by atoms with Crippen LogP contribution in [0.2, 0.25) is 0 Å². The third-order valence-corrected chi connectivity index (χ3v) is 3.16. The number of rotatable bonds is 3. The van der Waals surface area contributed by atoms with E-state index in [-0.39, 0.29) is 17.5 Å². The maximum absolute atomic E-state index is 12.0. The second-order valence-electron chi connectivity index (χ2n) is 4.46. The molecule has 0 radical (unpaired) electrons. The molecule has 1 atom stereocenters. The van der Waals surface area contributed by atoms with Crippen molar-refractivity contribution in [1.82, 2.24) is 0 Å². The van der Waals surface area contributed by atoms with Crippen molar-refractivity contribution < 1.29 is 9.59 Å². The fourth-order valence-corrected chi connectivity index (χ4v) is 2.24. The first kappa shape index (κ1) is 11.1. The van der Waals surface area contributed by atoms with Crippen LogP contribution in [0, 0.1) is 5.92 Å². The Labute approximate surface area is 95.7 Å². The summed E-state index contributed by atoms with van der Waals surface area (Å²) < 4.78 is 0. The Hall–Kier alpha value is -1.44. The zero-order valence-corrected chi connectivity index (χ0v) is 9.32. The van der Waals surface area contributed by atoms with E-state index in [0.29, 0.717) is 19.3 Å². The second kappa shape index (κ2) is 5.06. The number of hydrogen-bond donors (Lipinski definition) is 0. The molecule has 0 aromatic heterocycles. The Morgan fingerprint density at radius 2 is 2.00 bits per heavy atom. The number of benzene rings is 1. The molecule has 0 saturated heterocycles. The van der Waals surface area contributed by atoms with E-state index in [0.717, 1.165) is 18.4 Å². The molecule has 0 aliphatic heterocycles. The normalized spacial score (nSPS) is 20.8. The van der Waals surface area contributed by atoms with Crippen molar-refractivity contribution >= 4 is 11.6 Å². The van der Waals surface area contributed by atoms with Crippen LogP contribution in [0.15, 0.2) is 30.3 Å². The van der Waals surface area contributed by atoms with Gasteiger partial charge >= 0.3 is 0 Å². The number of carbonyl (C=O) groups excluding carboxylic acids is 2. The Morgan fingerprint density at radius 1 is 1.25 bits per heavy atom. The highest BCUT2D eigenvalue weighted by Gasteiger charge is 2.25. The van der Waals surface area contributed by atoms with Crippen LogP contribution >= 0.6 is 0 Å². The highest BCUT2D eigenvalue weighted by atomic mass is 16.1. The average molecular weight is 216 g/mol. The number of hydrogen-bond acceptors (Lipinski definition) is 2. The first-order chi connectivity index (χ1) is 7.75. The van der Waals surface area contributed by atoms with Gasteiger partial charge in [0.2, 0.25) is 0 Å². The highest BCUT2D eigenvalue weighted by molar-refractivity contribution is 5.90. The summed E-state index contributed by atoms with van der Waals surface area (Å²) in [4.78, 5) is 23.2. The summed E-state index contributed by atoms with van der Waals surface area (Å²) in [6.07, 6.45) is 3.36. The Balaban J connectivity index is 1.95. The van der Waals surface area contributed by atoms with Gasteiger partial charge in [-0.3, -0.25) is 9.59 Å². The quantitative estimate of drug-likeness (QED) is 0.778. The lowest BCUT2D eigenvalue weighted by Crippen LogP contribution is -2.24. The van der Waals surface area contributed by atoms with Gasteiger partial charge in [-0.1, -0.05) is 30.3 Å². The summed E-state index contributed by atoms with van der Waals surface area (Å²) in [6, 6.07) is 9.74. The van der Waals surface area contributed by atoms with Crippen LogP contribution in [0.1, 0.15) is 31.2 Å². The molecule has 1 aliphatic carbocycles. The van der Waals surface area contributed by atoms with Crippen LogP contribution in [0.25, 0.3) is 0 Å². The zero-order valence-electron chi connectivity index (χ0n) is 9.32. The maximum atomic E-state index is 12.0. The molecule has 2 rings (SSSR count). The fourth-order valence-electron chi connectivity index (χ4n) is 2.24. The molecule has 1 aliphatic rings.